The van der Waals surface area contributed by atoms with Gasteiger partial charge in [0.15, 0.2) is 11.5 Å². The largest absolute Gasteiger partial charge is 0.486 e. The number of ether oxygens (including phenoxy) is 2. The molecule has 1 atom stereocenters. The number of hydrogen-bond acceptors (Lipinski definition) is 7. The van der Waals surface area contributed by atoms with Gasteiger partial charge in [-0.3, -0.25) is 14.4 Å². The van der Waals surface area contributed by atoms with E-state index >= 15 is 0 Å². The highest BCUT2D eigenvalue weighted by Crippen LogP contribution is 2.27. The van der Waals surface area contributed by atoms with Gasteiger partial charge in [-0.1, -0.05) is 12.1 Å². The van der Waals surface area contributed by atoms with Crippen LogP contribution in [0.4, 0.5) is 18.0 Å². The van der Waals surface area contributed by atoms with Crippen molar-refractivity contribution < 1.29 is 37.0 Å². The number of primary amides is 1. The number of Topliss-reactive ketones (excluding diaryl/α,β-unsaturated/α-hetero) is 1. The summed E-state index contributed by atoms with van der Waals surface area (Å²) in [4.78, 5) is 56.4. The van der Waals surface area contributed by atoms with Crippen LogP contribution >= 0.6 is 0 Å². The number of methoxy groups -OCH3 is 1. The Morgan fingerprint density at radius 3 is 2.64 bits per heavy atom. The van der Waals surface area contributed by atoms with E-state index in [4.69, 9.17) is 10.5 Å². The van der Waals surface area contributed by atoms with E-state index in [9.17, 15) is 32.3 Å². The summed E-state index contributed by atoms with van der Waals surface area (Å²) in [6.45, 7) is -0.388. The topological polar surface area (TPSA) is 158 Å². The number of halogens is 3. The van der Waals surface area contributed by atoms with Crippen LogP contribution in [0.3, 0.4) is 0 Å². The normalized spacial score (nSPS) is 11.9. The number of benzene rings is 2. The molecule has 0 aliphatic heterocycles. The minimum absolute atomic E-state index is 0.00717. The van der Waals surface area contributed by atoms with Crippen LogP contribution < -0.4 is 21.3 Å². The van der Waals surface area contributed by atoms with Gasteiger partial charge in [0.05, 0.1) is 25.2 Å². The molecule has 2 amide bonds. The number of nitrogens with zero attached hydrogens (tertiary/aromatic N) is 2. The minimum Gasteiger partial charge on any atom is -0.486 e. The summed E-state index contributed by atoms with van der Waals surface area (Å²) in [5.41, 5.74) is 5.26. The number of carbonyl (C=O) groups excluding carboxylic acids is 3. The first-order valence-corrected chi connectivity index (χ1v) is 13.3. The van der Waals surface area contributed by atoms with Gasteiger partial charge in [-0.25, -0.2) is 22.9 Å². The van der Waals surface area contributed by atoms with Crippen LogP contribution in [0.25, 0.3) is 11.0 Å². The van der Waals surface area contributed by atoms with Crippen molar-refractivity contribution in [3.05, 3.63) is 106 Å². The van der Waals surface area contributed by atoms with Crippen molar-refractivity contribution in [3.63, 3.8) is 0 Å². The number of aromatic nitrogens is 3. The molecule has 0 radical (unpaired) electrons. The third kappa shape index (κ3) is 8.12. The number of H-pyrrole nitrogens is 1. The molecule has 4 rings (SSSR count). The molecule has 0 saturated heterocycles. The first-order chi connectivity index (χ1) is 21.0. The van der Waals surface area contributed by atoms with Crippen LogP contribution in [0.1, 0.15) is 29.8 Å². The highest BCUT2D eigenvalue weighted by atomic mass is 19.1. The monoisotopic (exact) mass is 611 g/mol. The third-order valence-electron chi connectivity index (χ3n) is 6.52. The van der Waals surface area contributed by atoms with Gasteiger partial charge in [-0.05, 0) is 43.2 Å². The highest BCUT2D eigenvalue weighted by Gasteiger charge is 2.22. The maximum Gasteiger partial charge on any atom is 0.407 e. The molecule has 0 aliphatic carbocycles. The van der Waals surface area contributed by atoms with Crippen molar-refractivity contribution in [2.24, 2.45) is 5.73 Å². The second-order valence-electron chi connectivity index (χ2n) is 9.69. The van der Waals surface area contributed by atoms with Gasteiger partial charge in [0, 0.05) is 35.9 Å². The molecule has 0 unspecified atom stereocenters. The fourth-order valence-electron chi connectivity index (χ4n) is 4.38. The van der Waals surface area contributed by atoms with Crippen molar-refractivity contribution in [2.45, 2.75) is 38.5 Å². The number of alkyl carbamates (subject to hydrolysis) is 1. The Morgan fingerprint density at radius 2 is 1.91 bits per heavy atom. The Bertz CT molecular complexity index is 1780. The maximum absolute atomic E-state index is 14.3. The number of nitrogens with one attached hydrogen (secondary N) is 2. The lowest BCUT2D eigenvalue weighted by Crippen LogP contribution is -2.42. The van der Waals surface area contributed by atoms with E-state index in [0.717, 1.165) is 25.3 Å². The zero-order chi connectivity index (χ0) is 31.8. The molecular weight excluding hydrogens is 583 g/mol. The van der Waals surface area contributed by atoms with Crippen molar-refractivity contribution in [2.75, 3.05) is 7.11 Å². The number of fused-ring (bicyclic) bond motifs is 1. The van der Waals surface area contributed by atoms with Gasteiger partial charge in [-0.2, -0.15) is 0 Å². The maximum atomic E-state index is 14.3. The molecule has 0 fully saturated rings. The number of amides is 2. The van der Waals surface area contributed by atoms with Gasteiger partial charge in [0.2, 0.25) is 5.91 Å². The molecule has 2 heterocycles. The second-order valence-corrected chi connectivity index (χ2v) is 9.69. The predicted molar refractivity (Wildman–Crippen MR) is 152 cm³/mol. The van der Waals surface area contributed by atoms with E-state index < -0.39 is 46.8 Å². The van der Waals surface area contributed by atoms with Gasteiger partial charge >= 0.3 is 6.09 Å². The molecule has 2 aromatic carbocycles. The summed E-state index contributed by atoms with van der Waals surface area (Å²) in [6, 6.07) is 7.32. The third-order valence-corrected chi connectivity index (χ3v) is 6.52. The summed E-state index contributed by atoms with van der Waals surface area (Å²) in [5, 5.41) is 2.44. The first-order valence-electron chi connectivity index (χ1n) is 13.3. The first kappa shape index (κ1) is 31.5. The van der Waals surface area contributed by atoms with E-state index in [1.54, 1.807) is 6.07 Å². The zero-order valence-corrected chi connectivity index (χ0v) is 23.4. The number of pyridine rings is 1. The smallest absolute Gasteiger partial charge is 0.407 e. The van der Waals surface area contributed by atoms with Crippen LogP contribution in [-0.2, 0) is 33.9 Å². The molecule has 0 aliphatic rings. The Hall–Kier alpha value is -5.40. The van der Waals surface area contributed by atoms with Crippen molar-refractivity contribution >= 4 is 28.8 Å². The number of hydrogen-bond donors (Lipinski definition) is 3. The fourth-order valence-corrected chi connectivity index (χ4v) is 4.38. The number of rotatable bonds is 13. The molecule has 4 aromatic rings. The number of carbonyl (C=O) groups is 3. The van der Waals surface area contributed by atoms with Crippen LogP contribution in [0.2, 0.25) is 0 Å². The van der Waals surface area contributed by atoms with Crippen LogP contribution in [0.15, 0.2) is 65.6 Å². The number of imidazole rings is 1. The summed E-state index contributed by atoms with van der Waals surface area (Å²) in [6.07, 6.45) is 3.33. The molecular formula is C30H28F3N5O6. The fraction of sp³-hybridized carbons (Fsp3) is 0.233. The Balaban J connectivity index is 1.51. The SMILES string of the molecule is COC(=O)N[C@@H](CC/C=C/C(N)=O)C(=O)Cc1cccn(Cc2nc3c(OCc4ccc(F)cc4F)cc(F)cc3[nH]2)c1=O. The highest BCUT2D eigenvalue weighted by molar-refractivity contribution is 5.89. The number of ketones is 1. The average molecular weight is 612 g/mol. The van der Waals surface area contributed by atoms with Crippen LogP contribution in [0.5, 0.6) is 5.75 Å². The molecule has 2 aromatic heterocycles. The minimum atomic E-state index is -1.000. The van der Waals surface area contributed by atoms with E-state index in [-0.39, 0.29) is 66.1 Å². The number of allylic oxidation sites excluding steroid dienone is 1. The molecule has 0 bridgehead atoms. The quantitative estimate of drug-likeness (QED) is 0.196. The van der Waals surface area contributed by atoms with E-state index in [2.05, 4.69) is 20.0 Å². The summed E-state index contributed by atoms with van der Waals surface area (Å²) < 4.78 is 53.1. The van der Waals surface area contributed by atoms with Crippen molar-refractivity contribution in [1.29, 1.82) is 0 Å². The molecule has 0 spiro atoms. The lowest BCUT2D eigenvalue weighted by Gasteiger charge is -2.16. The molecule has 14 heteroatoms. The predicted octanol–water partition coefficient (Wildman–Crippen LogP) is 3.43. The Labute approximate surface area is 248 Å². The summed E-state index contributed by atoms with van der Waals surface area (Å²) in [5.74, 6) is -3.06. The van der Waals surface area contributed by atoms with Gasteiger partial charge in [0.1, 0.15) is 35.4 Å². The second kappa shape index (κ2) is 14.2. The van der Waals surface area contributed by atoms with Gasteiger partial charge in [0.25, 0.3) is 5.56 Å². The lowest BCUT2D eigenvalue weighted by molar-refractivity contribution is -0.120. The van der Waals surface area contributed by atoms with E-state index in [0.29, 0.717) is 6.07 Å². The standard InChI is InChI=1S/C30H28F3N5O6/c1-43-30(42)36-22(6-2-3-7-26(34)40)24(39)11-17-5-4-10-38(29(17)41)15-27-35-23-13-20(32)14-25(28(23)37-27)44-16-18-8-9-19(31)12-21(18)33/h3-5,7-10,12-14,22H,2,6,11,15-16H2,1H3,(H2,34,40)(H,35,37)(H,36,42)/b7-3+/t22-/m0/s1. The van der Waals surface area contributed by atoms with Crippen molar-refractivity contribution in [3.8, 4) is 5.75 Å². The number of nitrogens with two attached hydrogens (primary N) is 1. The van der Waals surface area contributed by atoms with Gasteiger partial charge in [-0.15, -0.1) is 0 Å². The van der Waals surface area contributed by atoms with Crippen LogP contribution in [-0.4, -0.2) is 45.5 Å². The van der Waals surface area contributed by atoms with Gasteiger partial charge < -0.3 is 30.1 Å². The Morgan fingerprint density at radius 1 is 1.11 bits per heavy atom. The Kier molecular flexibility index (Phi) is 10.2. The molecule has 4 N–H and O–H groups in total. The zero-order valence-electron chi connectivity index (χ0n) is 23.4. The summed E-state index contributed by atoms with van der Waals surface area (Å²) in [7, 11) is 1.15. The van der Waals surface area contributed by atoms with E-state index in [1.807, 2.05) is 0 Å². The summed E-state index contributed by atoms with van der Waals surface area (Å²) >= 11 is 0. The van der Waals surface area contributed by atoms with E-state index in [1.165, 1.54) is 35.0 Å². The molecule has 44 heavy (non-hydrogen) atoms. The molecule has 11 nitrogen and oxygen atoms in total. The van der Waals surface area contributed by atoms with Crippen molar-refractivity contribution in [1.82, 2.24) is 19.9 Å². The van der Waals surface area contributed by atoms with Crippen LogP contribution in [0, 0.1) is 17.5 Å². The average Bonchev–Trinajstić information content (AvgIpc) is 3.38. The molecule has 0 saturated carbocycles. The number of aromatic amines is 1. The lowest BCUT2D eigenvalue weighted by atomic mass is 10.0. The molecule has 230 valence electrons.